The Morgan fingerprint density at radius 2 is 1.84 bits per heavy atom. The Balaban J connectivity index is 1.67. The van der Waals surface area contributed by atoms with Crippen molar-refractivity contribution in [3.8, 4) is 11.3 Å². The molecule has 2 aromatic rings. The number of carbonyl (C=O) groups excluding carboxylic acids is 1. The smallest absolute Gasteiger partial charge is 0.250 e. The zero-order chi connectivity index (χ0) is 17.4. The summed E-state index contributed by atoms with van der Waals surface area (Å²) < 4.78 is 0. The van der Waals surface area contributed by atoms with Crippen LogP contribution in [-0.2, 0) is 12.8 Å². The number of benzene rings is 1. The van der Waals surface area contributed by atoms with E-state index in [0.717, 1.165) is 36.2 Å². The second-order valence-electron chi connectivity index (χ2n) is 7.25. The number of hydrogen-bond acceptors (Lipinski definition) is 3. The fourth-order valence-corrected chi connectivity index (χ4v) is 4.14. The maximum atomic E-state index is 11.9. The van der Waals surface area contributed by atoms with E-state index in [1.165, 1.54) is 37.1 Å². The average Bonchev–Trinajstić information content (AvgIpc) is 3.31. The molecule has 0 radical (unpaired) electrons. The molecule has 1 aromatic heterocycles. The molecule has 4 rings (SSSR count). The number of carbonyl (C=O) groups is 1. The van der Waals surface area contributed by atoms with Crippen LogP contribution in [-0.4, -0.2) is 28.9 Å². The maximum Gasteiger partial charge on any atom is 0.250 e. The molecule has 130 valence electrons. The van der Waals surface area contributed by atoms with Crippen molar-refractivity contribution in [3.05, 3.63) is 52.7 Å². The number of nitrogens with two attached hydrogens (primary N) is 1. The molecule has 2 N–H and O–H groups in total. The van der Waals surface area contributed by atoms with Gasteiger partial charge in [0, 0.05) is 17.3 Å². The van der Waals surface area contributed by atoms with Gasteiger partial charge in [0.15, 0.2) is 0 Å². The quantitative estimate of drug-likeness (QED) is 0.930. The monoisotopic (exact) mass is 335 g/mol. The summed E-state index contributed by atoms with van der Waals surface area (Å²) in [7, 11) is 0. The molecule has 1 aromatic carbocycles. The highest BCUT2D eigenvalue weighted by Gasteiger charge is 2.21. The van der Waals surface area contributed by atoms with E-state index in [4.69, 9.17) is 10.7 Å². The number of primary amides is 1. The number of nitrogens with zero attached hydrogens (tertiary/aromatic N) is 2. The predicted octanol–water partition coefficient (Wildman–Crippen LogP) is 3.49. The minimum atomic E-state index is -0.397. The highest BCUT2D eigenvalue weighted by Crippen LogP contribution is 2.30. The van der Waals surface area contributed by atoms with Gasteiger partial charge >= 0.3 is 0 Å². The fraction of sp³-hybridized carbons (Fsp3) is 0.429. The Morgan fingerprint density at radius 1 is 1.12 bits per heavy atom. The van der Waals surface area contributed by atoms with Crippen LogP contribution in [0.15, 0.2) is 30.3 Å². The molecule has 0 saturated carbocycles. The third-order valence-corrected chi connectivity index (χ3v) is 5.67. The lowest BCUT2D eigenvalue weighted by Gasteiger charge is -2.24. The van der Waals surface area contributed by atoms with Crippen LogP contribution in [0, 0.1) is 0 Å². The first-order valence-electron chi connectivity index (χ1n) is 9.30. The zero-order valence-electron chi connectivity index (χ0n) is 14.8. The second-order valence-corrected chi connectivity index (χ2v) is 7.25. The number of aryl methyl sites for hydroxylation is 2. The minimum Gasteiger partial charge on any atom is -0.366 e. The number of amides is 1. The Morgan fingerprint density at radius 3 is 2.52 bits per heavy atom. The van der Waals surface area contributed by atoms with Crippen molar-refractivity contribution < 1.29 is 4.79 Å². The van der Waals surface area contributed by atoms with E-state index < -0.39 is 5.91 Å². The first kappa shape index (κ1) is 16.3. The lowest BCUT2D eigenvalue weighted by molar-refractivity contribution is 0.100. The van der Waals surface area contributed by atoms with Gasteiger partial charge in [-0.15, -0.1) is 0 Å². The van der Waals surface area contributed by atoms with Crippen molar-refractivity contribution in [1.82, 2.24) is 9.88 Å². The molecule has 2 heterocycles. The summed E-state index contributed by atoms with van der Waals surface area (Å²) in [6.07, 6.45) is 5.68. The highest BCUT2D eigenvalue weighted by atomic mass is 16.1. The molecule has 1 aliphatic carbocycles. The highest BCUT2D eigenvalue weighted by molar-refractivity contribution is 5.99. The van der Waals surface area contributed by atoms with E-state index in [1.807, 2.05) is 6.07 Å². The van der Waals surface area contributed by atoms with Gasteiger partial charge in [0.05, 0.1) is 11.3 Å². The summed E-state index contributed by atoms with van der Waals surface area (Å²) in [4.78, 5) is 19.2. The summed E-state index contributed by atoms with van der Waals surface area (Å²) in [5.74, 6) is -0.397. The predicted molar refractivity (Wildman–Crippen MR) is 99.4 cm³/mol. The van der Waals surface area contributed by atoms with Crippen LogP contribution in [0.25, 0.3) is 11.3 Å². The molecule has 1 amide bonds. The molecule has 0 bridgehead atoms. The summed E-state index contributed by atoms with van der Waals surface area (Å²) in [6, 6.07) is 10.9. The third-order valence-electron chi connectivity index (χ3n) is 5.67. The topological polar surface area (TPSA) is 59.2 Å². The van der Waals surface area contributed by atoms with Gasteiger partial charge in [-0.2, -0.15) is 0 Å². The molecule has 2 aliphatic rings. The number of aromatic nitrogens is 1. The number of pyridine rings is 1. The van der Waals surface area contributed by atoms with Gasteiger partial charge in [0.1, 0.15) is 0 Å². The van der Waals surface area contributed by atoms with E-state index in [2.05, 4.69) is 36.1 Å². The average molecular weight is 335 g/mol. The molecule has 1 atom stereocenters. The Hall–Kier alpha value is -2.20. The van der Waals surface area contributed by atoms with Crippen LogP contribution in [0.1, 0.15) is 59.4 Å². The SMILES string of the molecule is C[C@H](c1ccc(-c2nc3c(cc2C(N)=O)CCC3)cc1)N1CCCC1. The van der Waals surface area contributed by atoms with Gasteiger partial charge in [0.25, 0.3) is 5.91 Å². The lowest BCUT2D eigenvalue weighted by atomic mass is 9.99. The van der Waals surface area contributed by atoms with Gasteiger partial charge in [-0.05, 0) is 69.3 Å². The number of likely N-dealkylation sites (tertiary alicyclic amines) is 1. The van der Waals surface area contributed by atoms with Crippen molar-refractivity contribution in [3.63, 3.8) is 0 Å². The minimum absolute atomic E-state index is 0.397. The van der Waals surface area contributed by atoms with Gasteiger partial charge in [0.2, 0.25) is 0 Å². The number of fused-ring (bicyclic) bond motifs is 1. The number of rotatable bonds is 4. The van der Waals surface area contributed by atoms with Crippen molar-refractivity contribution >= 4 is 5.91 Å². The second kappa shape index (κ2) is 6.60. The fourth-order valence-electron chi connectivity index (χ4n) is 4.14. The van der Waals surface area contributed by atoms with E-state index in [9.17, 15) is 4.79 Å². The molecule has 0 spiro atoms. The van der Waals surface area contributed by atoms with Crippen LogP contribution >= 0.6 is 0 Å². The van der Waals surface area contributed by atoms with E-state index >= 15 is 0 Å². The zero-order valence-corrected chi connectivity index (χ0v) is 14.8. The molecule has 1 fully saturated rings. The molecule has 1 saturated heterocycles. The first-order chi connectivity index (χ1) is 12.1. The van der Waals surface area contributed by atoms with Crippen molar-refractivity contribution in [2.24, 2.45) is 5.73 Å². The summed E-state index contributed by atoms with van der Waals surface area (Å²) in [5.41, 5.74) is 11.5. The van der Waals surface area contributed by atoms with E-state index in [-0.39, 0.29) is 0 Å². The van der Waals surface area contributed by atoms with Gasteiger partial charge in [-0.25, -0.2) is 0 Å². The van der Waals surface area contributed by atoms with Gasteiger partial charge < -0.3 is 5.73 Å². The molecule has 4 nitrogen and oxygen atoms in total. The van der Waals surface area contributed by atoms with Crippen LogP contribution in [0.3, 0.4) is 0 Å². The van der Waals surface area contributed by atoms with Crippen LogP contribution < -0.4 is 5.73 Å². The van der Waals surface area contributed by atoms with Gasteiger partial charge in [-0.1, -0.05) is 24.3 Å². The van der Waals surface area contributed by atoms with Crippen LogP contribution in [0.4, 0.5) is 0 Å². The van der Waals surface area contributed by atoms with E-state index in [0.29, 0.717) is 11.6 Å². The van der Waals surface area contributed by atoms with Crippen molar-refractivity contribution in [2.75, 3.05) is 13.1 Å². The molecule has 25 heavy (non-hydrogen) atoms. The van der Waals surface area contributed by atoms with Crippen molar-refractivity contribution in [1.29, 1.82) is 0 Å². The van der Waals surface area contributed by atoms with Gasteiger partial charge in [-0.3, -0.25) is 14.7 Å². The molecular weight excluding hydrogens is 310 g/mol. The molecule has 1 aliphatic heterocycles. The largest absolute Gasteiger partial charge is 0.366 e. The molecular formula is C21H25N3O. The summed E-state index contributed by atoms with van der Waals surface area (Å²) >= 11 is 0. The lowest BCUT2D eigenvalue weighted by Crippen LogP contribution is -2.23. The Bertz CT molecular complexity index is 792. The summed E-state index contributed by atoms with van der Waals surface area (Å²) in [5, 5.41) is 0. The first-order valence-corrected chi connectivity index (χ1v) is 9.30. The van der Waals surface area contributed by atoms with Crippen LogP contribution in [0.5, 0.6) is 0 Å². The maximum absolute atomic E-state index is 11.9. The standard InChI is InChI=1S/C21H25N3O/c1-14(24-11-2-3-12-24)15-7-9-16(10-8-15)20-18(21(22)25)13-17-5-4-6-19(17)23-20/h7-10,13-14H,2-6,11-12H2,1H3,(H2,22,25)/t14-/m1/s1. The normalized spacial score (nSPS) is 18.3. The molecule has 4 heteroatoms. The Kier molecular flexibility index (Phi) is 4.30. The van der Waals surface area contributed by atoms with E-state index in [1.54, 1.807) is 0 Å². The van der Waals surface area contributed by atoms with Crippen LogP contribution in [0.2, 0.25) is 0 Å². The molecule has 0 unspecified atom stereocenters. The number of hydrogen-bond donors (Lipinski definition) is 1. The van der Waals surface area contributed by atoms with Crippen molar-refractivity contribution in [2.45, 2.75) is 45.1 Å². The third kappa shape index (κ3) is 3.07. The summed E-state index contributed by atoms with van der Waals surface area (Å²) in [6.45, 7) is 4.63. The Labute approximate surface area is 149 Å².